The molecule has 2 amide bonds. The van der Waals surface area contributed by atoms with Crippen molar-refractivity contribution in [2.45, 2.75) is 39.2 Å². The van der Waals surface area contributed by atoms with E-state index in [1.807, 2.05) is 4.90 Å². The number of amides is 2. The van der Waals surface area contributed by atoms with Crippen LogP contribution in [0.5, 0.6) is 0 Å². The molecule has 0 aromatic carbocycles. The summed E-state index contributed by atoms with van der Waals surface area (Å²) in [5.41, 5.74) is 6.07. The molecule has 19 heavy (non-hydrogen) atoms. The standard InChI is InChI=1S/C14H25N3O2/c1-10-12(4-3-5-13(10)15)14(19)17-8-6-16(7-9-17)11(2)18/h10,12-13H,3-9,15H2,1-2H3. The van der Waals surface area contributed by atoms with Crippen molar-refractivity contribution in [3.05, 3.63) is 0 Å². The molecule has 3 unspecified atom stereocenters. The lowest BCUT2D eigenvalue weighted by Gasteiger charge is -2.39. The fourth-order valence-corrected chi connectivity index (χ4v) is 3.22. The molecular weight excluding hydrogens is 242 g/mol. The van der Waals surface area contributed by atoms with Crippen LogP contribution >= 0.6 is 0 Å². The van der Waals surface area contributed by atoms with Crippen LogP contribution < -0.4 is 5.73 Å². The third-order valence-electron chi connectivity index (χ3n) is 4.72. The second-order valence-electron chi connectivity index (χ2n) is 5.89. The quantitative estimate of drug-likeness (QED) is 0.749. The second-order valence-corrected chi connectivity index (χ2v) is 5.89. The summed E-state index contributed by atoms with van der Waals surface area (Å²) in [7, 11) is 0. The van der Waals surface area contributed by atoms with E-state index in [4.69, 9.17) is 5.73 Å². The van der Waals surface area contributed by atoms with Crippen LogP contribution in [0.25, 0.3) is 0 Å². The van der Waals surface area contributed by atoms with Gasteiger partial charge in [-0.15, -0.1) is 0 Å². The molecule has 0 spiro atoms. The minimum atomic E-state index is 0.0765. The Labute approximate surface area is 115 Å². The third-order valence-corrected chi connectivity index (χ3v) is 4.72. The number of hydrogen-bond acceptors (Lipinski definition) is 3. The van der Waals surface area contributed by atoms with Gasteiger partial charge >= 0.3 is 0 Å². The number of rotatable bonds is 1. The Morgan fingerprint density at radius 3 is 2.21 bits per heavy atom. The Kier molecular flexibility index (Phi) is 4.45. The highest BCUT2D eigenvalue weighted by molar-refractivity contribution is 5.80. The summed E-state index contributed by atoms with van der Waals surface area (Å²) in [6.07, 6.45) is 3.04. The van der Waals surface area contributed by atoms with Crippen molar-refractivity contribution in [2.24, 2.45) is 17.6 Å². The van der Waals surface area contributed by atoms with Crippen LogP contribution in [0, 0.1) is 11.8 Å². The van der Waals surface area contributed by atoms with E-state index in [0.29, 0.717) is 26.2 Å². The summed E-state index contributed by atoms with van der Waals surface area (Å²) in [5.74, 6) is 0.686. The van der Waals surface area contributed by atoms with Crippen LogP contribution in [-0.4, -0.2) is 53.8 Å². The van der Waals surface area contributed by atoms with Crippen LogP contribution in [0.2, 0.25) is 0 Å². The Morgan fingerprint density at radius 2 is 1.63 bits per heavy atom. The number of nitrogens with zero attached hydrogens (tertiary/aromatic N) is 2. The molecule has 2 aliphatic rings. The highest BCUT2D eigenvalue weighted by Gasteiger charge is 2.36. The first-order valence-electron chi connectivity index (χ1n) is 7.30. The molecule has 3 atom stereocenters. The van der Waals surface area contributed by atoms with Crippen LogP contribution in [0.4, 0.5) is 0 Å². The van der Waals surface area contributed by atoms with Gasteiger partial charge in [-0.25, -0.2) is 0 Å². The molecule has 1 aliphatic carbocycles. The van der Waals surface area contributed by atoms with E-state index in [1.54, 1.807) is 11.8 Å². The SMILES string of the molecule is CC(=O)N1CCN(C(=O)C2CCCC(N)C2C)CC1. The van der Waals surface area contributed by atoms with Gasteiger partial charge in [0.25, 0.3) is 0 Å². The highest BCUT2D eigenvalue weighted by atomic mass is 16.2. The molecule has 5 nitrogen and oxygen atoms in total. The van der Waals surface area contributed by atoms with Gasteiger partial charge in [0, 0.05) is 45.1 Å². The van der Waals surface area contributed by atoms with Gasteiger partial charge in [-0.2, -0.15) is 0 Å². The molecule has 2 N–H and O–H groups in total. The van der Waals surface area contributed by atoms with Crippen molar-refractivity contribution in [3.8, 4) is 0 Å². The lowest BCUT2D eigenvalue weighted by molar-refractivity contribution is -0.143. The van der Waals surface area contributed by atoms with Crippen molar-refractivity contribution in [2.75, 3.05) is 26.2 Å². The predicted molar refractivity (Wildman–Crippen MR) is 73.3 cm³/mol. The van der Waals surface area contributed by atoms with Gasteiger partial charge in [0.05, 0.1) is 0 Å². The number of carbonyl (C=O) groups excluding carboxylic acids is 2. The summed E-state index contributed by atoms with van der Waals surface area (Å²) in [5, 5.41) is 0. The fourth-order valence-electron chi connectivity index (χ4n) is 3.22. The summed E-state index contributed by atoms with van der Waals surface area (Å²) < 4.78 is 0. The van der Waals surface area contributed by atoms with E-state index in [-0.39, 0.29) is 29.7 Å². The molecule has 1 heterocycles. The van der Waals surface area contributed by atoms with Crippen molar-refractivity contribution in [1.29, 1.82) is 0 Å². The average molecular weight is 267 g/mol. The fraction of sp³-hybridized carbons (Fsp3) is 0.857. The minimum absolute atomic E-state index is 0.0765. The Balaban J connectivity index is 1.92. The zero-order chi connectivity index (χ0) is 14.0. The van der Waals surface area contributed by atoms with E-state index in [1.165, 1.54) is 0 Å². The van der Waals surface area contributed by atoms with Gasteiger partial charge in [0.2, 0.25) is 11.8 Å². The molecule has 0 radical (unpaired) electrons. The van der Waals surface area contributed by atoms with Crippen LogP contribution in [0.1, 0.15) is 33.1 Å². The summed E-state index contributed by atoms with van der Waals surface area (Å²) in [6.45, 7) is 6.33. The van der Waals surface area contributed by atoms with Crippen LogP contribution in [0.15, 0.2) is 0 Å². The van der Waals surface area contributed by atoms with Gasteiger partial charge < -0.3 is 15.5 Å². The molecule has 0 bridgehead atoms. The first-order valence-corrected chi connectivity index (χ1v) is 7.30. The average Bonchev–Trinajstić information content (AvgIpc) is 2.41. The lowest BCUT2D eigenvalue weighted by atomic mass is 9.76. The molecule has 5 heteroatoms. The zero-order valence-corrected chi connectivity index (χ0v) is 12.0. The Morgan fingerprint density at radius 1 is 1.05 bits per heavy atom. The predicted octanol–water partition coefficient (Wildman–Crippen LogP) is 0.441. The largest absolute Gasteiger partial charge is 0.339 e. The minimum Gasteiger partial charge on any atom is -0.339 e. The molecular formula is C14H25N3O2. The molecule has 1 saturated carbocycles. The highest BCUT2D eigenvalue weighted by Crippen LogP contribution is 2.30. The molecule has 2 rings (SSSR count). The van der Waals surface area contributed by atoms with E-state index in [9.17, 15) is 9.59 Å². The first kappa shape index (κ1) is 14.3. The number of hydrogen-bond donors (Lipinski definition) is 1. The van der Waals surface area contributed by atoms with E-state index >= 15 is 0 Å². The first-order chi connectivity index (χ1) is 9.00. The van der Waals surface area contributed by atoms with Crippen molar-refractivity contribution in [1.82, 2.24) is 9.80 Å². The van der Waals surface area contributed by atoms with Crippen molar-refractivity contribution >= 4 is 11.8 Å². The van der Waals surface area contributed by atoms with Gasteiger partial charge in [0.15, 0.2) is 0 Å². The number of carbonyl (C=O) groups is 2. The third kappa shape index (κ3) is 3.08. The normalized spacial score (nSPS) is 32.3. The van der Waals surface area contributed by atoms with Crippen LogP contribution in [-0.2, 0) is 9.59 Å². The van der Waals surface area contributed by atoms with E-state index in [2.05, 4.69) is 6.92 Å². The topological polar surface area (TPSA) is 66.6 Å². The molecule has 2 fully saturated rings. The Bertz CT molecular complexity index is 351. The van der Waals surface area contributed by atoms with Gasteiger partial charge in [-0.05, 0) is 18.8 Å². The maximum atomic E-state index is 12.6. The van der Waals surface area contributed by atoms with E-state index in [0.717, 1.165) is 19.3 Å². The Hall–Kier alpha value is -1.10. The summed E-state index contributed by atoms with van der Waals surface area (Å²) >= 11 is 0. The van der Waals surface area contributed by atoms with Crippen LogP contribution in [0.3, 0.4) is 0 Å². The van der Waals surface area contributed by atoms with Gasteiger partial charge in [-0.1, -0.05) is 13.3 Å². The molecule has 0 aromatic heterocycles. The second kappa shape index (κ2) is 5.90. The molecule has 0 aromatic rings. The van der Waals surface area contributed by atoms with Gasteiger partial charge in [-0.3, -0.25) is 9.59 Å². The molecule has 1 aliphatic heterocycles. The smallest absolute Gasteiger partial charge is 0.226 e. The maximum Gasteiger partial charge on any atom is 0.226 e. The molecule has 108 valence electrons. The summed E-state index contributed by atoms with van der Waals surface area (Å²) in [4.78, 5) is 27.6. The number of piperazine rings is 1. The molecule has 1 saturated heterocycles. The van der Waals surface area contributed by atoms with Gasteiger partial charge in [0.1, 0.15) is 0 Å². The summed E-state index contributed by atoms with van der Waals surface area (Å²) in [6, 6.07) is 0.154. The monoisotopic (exact) mass is 267 g/mol. The number of nitrogens with two attached hydrogens (primary N) is 1. The van der Waals surface area contributed by atoms with Crippen molar-refractivity contribution < 1.29 is 9.59 Å². The van der Waals surface area contributed by atoms with E-state index < -0.39 is 0 Å². The van der Waals surface area contributed by atoms with Crippen molar-refractivity contribution in [3.63, 3.8) is 0 Å². The lowest BCUT2D eigenvalue weighted by Crippen LogP contribution is -2.53. The zero-order valence-electron chi connectivity index (χ0n) is 12.0. The maximum absolute atomic E-state index is 12.6.